The molecule has 118 valence electrons. The second-order valence-electron chi connectivity index (χ2n) is 5.41. The summed E-state index contributed by atoms with van der Waals surface area (Å²) < 4.78 is 28.9. The van der Waals surface area contributed by atoms with E-state index in [4.69, 9.17) is 16.3 Å². The van der Waals surface area contributed by atoms with Gasteiger partial charge in [-0.2, -0.15) is 0 Å². The Bertz CT molecular complexity index is 693. The van der Waals surface area contributed by atoms with Crippen molar-refractivity contribution in [2.75, 3.05) is 17.3 Å². The summed E-state index contributed by atoms with van der Waals surface area (Å²) in [6, 6.07) is 6.28. The molecule has 1 aromatic carbocycles. The molecule has 0 radical (unpaired) electrons. The summed E-state index contributed by atoms with van der Waals surface area (Å²) in [5, 5.41) is 1.73. The molecule has 2 unspecified atom stereocenters. The number of halogens is 1. The molecule has 2 aliphatic rings. The van der Waals surface area contributed by atoms with Crippen molar-refractivity contribution in [2.45, 2.75) is 25.0 Å². The zero-order chi connectivity index (χ0) is 15.7. The predicted octanol–water partition coefficient (Wildman–Crippen LogP) is 2.16. The first-order chi connectivity index (χ1) is 10.5. The van der Waals surface area contributed by atoms with Gasteiger partial charge in [0.05, 0.1) is 11.8 Å². The van der Waals surface area contributed by atoms with Crippen LogP contribution in [0.25, 0.3) is 0 Å². The van der Waals surface area contributed by atoms with Crippen LogP contribution in [-0.2, 0) is 19.4 Å². The van der Waals surface area contributed by atoms with Crippen LogP contribution in [0.2, 0.25) is 5.02 Å². The summed E-state index contributed by atoms with van der Waals surface area (Å²) >= 11 is 5.89. The normalized spacial score (nSPS) is 26.2. The monoisotopic (exact) mass is 341 g/mol. The van der Waals surface area contributed by atoms with E-state index in [1.165, 1.54) is 10.3 Å². The molecule has 1 amide bonds. The van der Waals surface area contributed by atoms with E-state index in [-0.39, 0.29) is 11.7 Å². The van der Waals surface area contributed by atoms with Crippen LogP contribution in [0.1, 0.15) is 12.8 Å². The van der Waals surface area contributed by atoms with E-state index in [1.807, 2.05) is 0 Å². The number of carbonyl (C=O) groups excluding carboxylic acids is 1. The highest BCUT2D eigenvalue weighted by atomic mass is 35.5. The molecule has 0 aromatic heterocycles. The van der Waals surface area contributed by atoms with Gasteiger partial charge in [-0.25, -0.2) is 8.42 Å². The molecule has 1 aromatic rings. The summed E-state index contributed by atoms with van der Waals surface area (Å²) in [7, 11) is -3.26. The maximum absolute atomic E-state index is 12.8. The molecule has 5 nitrogen and oxygen atoms in total. The van der Waals surface area contributed by atoms with Crippen molar-refractivity contribution in [2.24, 2.45) is 0 Å². The van der Waals surface area contributed by atoms with E-state index in [0.717, 1.165) is 6.42 Å². The minimum Gasteiger partial charge on any atom is -0.368 e. The Morgan fingerprint density at radius 2 is 2.00 bits per heavy atom. The van der Waals surface area contributed by atoms with Gasteiger partial charge in [0.2, 0.25) is 0 Å². The minimum absolute atomic E-state index is 0.103. The molecule has 0 saturated carbocycles. The first kappa shape index (κ1) is 15.5. The molecule has 0 aliphatic carbocycles. The van der Waals surface area contributed by atoms with Crippen LogP contribution in [0, 0.1) is 0 Å². The zero-order valence-electron chi connectivity index (χ0n) is 11.8. The Kier molecular flexibility index (Phi) is 4.25. The third-order valence-corrected chi connectivity index (χ3v) is 5.42. The van der Waals surface area contributed by atoms with Crippen LogP contribution < -0.4 is 4.90 Å². The Morgan fingerprint density at radius 1 is 1.27 bits per heavy atom. The van der Waals surface area contributed by atoms with E-state index in [9.17, 15) is 13.2 Å². The number of ether oxygens (including phenoxy) is 1. The number of benzene rings is 1. The third kappa shape index (κ3) is 3.19. The SMILES string of the molecule is O=C(C1CCCO1)N(c1ccc(Cl)cc1)C1C=CS(=O)(=O)C1. The van der Waals surface area contributed by atoms with Crippen LogP contribution in [0.5, 0.6) is 0 Å². The van der Waals surface area contributed by atoms with Gasteiger partial charge in [-0.3, -0.25) is 4.79 Å². The highest BCUT2D eigenvalue weighted by Gasteiger charge is 2.36. The van der Waals surface area contributed by atoms with E-state index in [1.54, 1.807) is 30.3 Å². The molecule has 1 fully saturated rings. The Hall–Kier alpha value is -1.37. The lowest BCUT2D eigenvalue weighted by atomic mass is 10.1. The molecule has 0 bridgehead atoms. The van der Waals surface area contributed by atoms with E-state index in [0.29, 0.717) is 23.7 Å². The third-order valence-electron chi connectivity index (χ3n) is 3.79. The van der Waals surface area contributed by atoms with Crippen LogP contribution in [0.15, 0.2) is 35.7 Å². The standard InChI is InChI=1S/C15H16ClNO4S/c16-11-3-5-12(6-4-11)17(13-7-9-22(19,20)10-13)15(18)14-2-1-8-21-14/h3-7,9,13-14H,1-2,8,10H2. The molecule has 2 aliphatic heterocycles. The van der Waals surface area contributed by atoms with Crippen molar-refractivity contribution >= 4 is 33.0 Å². The second kappa shape index (κ2) is 6.02. The quantitative estimate of drug-likeness (QED) is 0.845. The molecule has 22 heavy (non-hydrogen) atoms. The van der Waals surface area contributed by atoms with Crippen molar-refractivity contribution in [3.8, 4) is 0 Å². The number of rotatable bonds is 3. The number of anilines is 1. The molecule has 3 rings (SSSR count). The van der Waals surface area contributed by atoms with Crippen molar-refractivity contribution in [1.82, 2.24) is 0 Å². The zero-order valence-corrected chi connectivity index (χ0v) is 13.4. The van der Waals surface area contributed by atoms with Gasteiger partial charge in [0.15, 0.2) is 9.84 Å². The van der Waals surface area contributed by atoms with E-state index < -0.39 is 22.0 Å². The summed E-state index contributed by atoms with van der Waals surface area (Å²) in [5.41, 5.74) is 0.622. The van der Waals surface area contributed by atoms with Crippen molar-refractivity contribution in [3.63, 3.8) is 0 Å². The van der Waals surface area contributed by atoms with Gasteiger partial charge < -0.3 is 9.64 Å². The lowest BCUT2D eigenvalue weighted by Gasteiger charge is -2.29. The van der Waals surface area contributed by atoms with Crippen LogP contribution >= 0.6 is 11.6 Å². The molecular formula is C15H16ClNO4S. The van der Waals surface area contributed by atoms with E-state index in [2.05, 4.69) is 0 Å². The first-order valence-electron chi connectivity index (χ1n) is 7.07. The van der Waals surface area contributed by atoms with Gasteiger partial charge in [-0.15, -0.1) is 0 Å². The van der Waals surface area contributed by atoms with Gasteiger partial charge in [-0.1, -0.05) is 11.6 Å². The van der Waals surface area contributed by atoms with Gasteiger partial charge in [0, 0.05) is 22.7 Å². The highest BCUT2D eigenvalue weighted by Crippen LogP contribution is 2.27. The molecule has 0 spiro atoms. The minimum atomic E-state index is -3.26. The van der Waals surface area contributed by atoms with Crippen molar-refractivity contribution in [1.29, 1.82) is 0 Å². The maximum Gasteiger partial charge on any atom is 0.256 e. The average molecular weight is 342 g/mol. The molecule has 1 saturated heterocycles. The molecule has 2 heterocycles. The van der Waals surface area contributed by atoms with Gasteiger partial charge >= 0.3 is 0 Å². The van der Waals surface area contributed by atoms with Crippen LogP contribution in [0.3, 0.4) is 0 Å². The number of carbonyl (C=O) groups is 1. The fraction of sp³-hybridized carbons (Fsp3) is 0.400. The van der Waals surface area contributed by atoms with Gasteiger partial charge in [0.25, 0.3) is 5.91 Å². The summed E-state index contributed by atoms with van der Waals surface area (Å²) in [4.78, 5) is 14.3. The lowest BCUT2D eigenvalue weighted by Crippen LogP contribution is -2.46. The number of amides is 1. The highest BCUT2D eigenvalue weighted by molar-refractivity contribution is 7.94. The molecular weight excluding hydrogens is 326 g/mol. The smallest absolute Gasteiger partial charge is 0.256 e. The maximum atomic E-state index is 12.8. The second-order valence-corrected chi connectivity index (χ2v) is 7.78. The Morgan fingerprint density at radius 3 is 2.55 bits per heavy atom. The van der Waals surface area contributed by atoms with E-state index >= 15 is 0 Å². The van der Waals surface area contributed by atoms with Crippen LogP contribution in [-0.4, -0.2) is 38.8 Å². The van der Waals surface area contributed by atoms with Crippen molar-refractivity contribution in [3.05, 3.63) is 40.8 Å². The largest absolute Gasteiger partial charge is 0.368 e. The lowest BCUT2D eigenvalue weighted by molar-refractivity contribution is -0.127. The topological polar surface area (TPSA) is 63.7 Å². The molecule has 7 heteroatoms. The predicted molar refractivity (Wildman–Crippen MR) is 84.6 cm³/mol. The Labute approximate surface area is 134 Å². The average Bonchev–Trinajstić information content (AvgIpc) is 3.11. The number of sulfone groups is 1. The van der Waals surface area contributed by atoms with Crippen molar-refractivity contribution < 1.29 is 17.9 Å². The molecule has 0 N–H and O–H groups in total. The number of hydrogen-bond donors (Lipinski definition) is 0. The molecule has 2 atom stereocenters. The number of hydrogen-bond acceptors (Lipinski definition) is 4. The number of nitrogens with zero attached hydrogens (tertiary/aromatic N) is 1. The first-order valence-corrected chi connectivity index (χ1v) is 9.17. The van der Waals surface area contributed by atoms with Crippen LogP contribution in [0.4, 0.5) is 5.69 Å². The fourth-order valence-electron chi connectivity index (χ4n) is 2.73. The summed E-state index contributed by atoms with van der Waals surface area (Å²) in [5.74, 6) is -0.305. The van der Waals surface area contributed by atoms with Gasteiger partial charge in [-0.05, 0) is 43.2 Å². The Balaban J connectivity index is 1.93. The van der Waals surface area contributed by atoms with Gasteiger partial charge in [0.1, 0.15) is 6.10 Å². The summed E-state index contributed by atoms with van der Waals surface area (Å²) in [6.45, 7) is 0.559. The fourth-order valence-corrected chi connectivity index (χ4v) is 4.13. The summed E-state index contributed by atoms with van der Waals surface area (Å²) in [6.07, 6.45) is 2.54.